The van der Waals surface area contributed by atoms with Gasteiger partial charge in [0, 0.05) is 6.54 Å². The first-order chi connectivity index (χ1) is 4.84. The van der Waals surface area contributed by atoms with Crippen molar-refractivity contribution in [3.8, 4) is 0 Å². The van der Waals surface area contributed by atoms with Crippen LogP contribution in [0.5, 0.6) is 0 Å². The smallest absolute Gasteiger partial charge is 0.0948 e. The Morgan fingerprint density at radius 3 is 2.80 bits per heavy atom. The zero-order valence-electron chi connectivity index (χ0n) is 5.79. The van der Waals surface area contributed by atoms with Gasteiger partial charge in [-0.05, 0) is 0 Å². The molecule has 0 amide bonds. The van der Waals surface area contributed by atoms with E-state index in [1.54, 1.807) is 0 Å². The number of nitrogens with one attached hydrogen (secondary N) is 1. The van der Waals surface area contributed by atoms with Gasteiger partial charge in [0.25, 0.3) is 0 Å². The van der Waals surface area contributed by atoms with E-state index in [9.17, 15) is 0 Å². The Morgan fingerprint density at radius 1 is 1.50 bits per heavy atom. The van der Waals surface area contributed by atoms with Gasteiger partial charge in [-0.15, -0.1) is 0 Å². The topological polar surface area (TPSA) is 61.7 Å². The molecule has 1 saturated heterocycles. The van der Waals surface area contributed by atoms with E-state index in [0.717, 1.165) is 0 Å². The molecule has 0 aromatic heterocycles. The molecule has 0 radical (unpaired) electrons. The molecule has 1 aliphatic rings. The van der Waals surface area contributed by atoms with Crippen LogP contribution >= 0.6 is 0 Å². The van der Waals surface area contributed by atoms with E-state index in [1.165, 1.54) is 0 Å². The molecule has 10 heavy (non-hydrogen) atoms. The van der Waals surface area contributed by atoms with Crippen LogP contribution in [0.4, 0.5) is 0 Å². The summed E-state index contributed by atoms with van der Waals surface area (Å²) in [5.74, 6) is 0. The summed E-state index contributed by atoms with van der Waals surface area (Å²) < 4.78 is 4.97. The zero-order chi connectivity index (χ0) is 7.40. The number of aliphatic hydroxyl groups is 2. The van der Waals surface area contributed by atoms with Crippen LogP contribution in [0.2, 0.25) is 0 Å². The highest BCUT2D eigenvalue weighted by Gasteiger charge is 2.24. The van der Waals surface area contributed by atoms with E-state index in [2.05, 4.69) is 5.32 Å². The van der Waals surface area contributed by atoms with Gasteiger partial charge in [0.1, 0.15) is 0 Å². The molecule has 1 heterocycles. The maximum absolute atomic E-state index is 9.15. The minimum absolute atomic E-state index is 0.00662. The highest BCUT2D eigenvalue weighted by molar-refractivity contribution is 4.79. The second kappa shape index (κ2) is 3.88. The van der Waals surface area contributed by atoms with Gasteiger partial charge in [-0.3, -0.25) is 0 Å². The lowest BCUT2D eigenvalue weighted by Gasteiger charge is -2.12. The summed E-state index contributed by atoms with van der Waals surface area (Å²) in [6.07, 6.45) is -0.411. The van der Waals surface area contributed by atoms with Crippen LogP contribution in [-0.4, -0.2) is 48.7 Å². The van der Waals surface area contributed by atoms with Crippen LogP contribution in [0.1, 0.15) is 0 Å². The molecule has 2 atom stereocenters. The number of rotatable bonds is 3. The van der Waals surface area contributed by atoms with Crippen molar-refractivity contribution in [2.45, 2.75) is 12.1 Å². The Morgan fingerprint density at radius 2 is 2.30 bits per heavy atom. The monoisotopic (exact) mass is 147 g/mol. The number of ether oxygens (including phenoxy) is 1. The average Bonchev–Trinajstić information content (AvgIpc) is 2.31. The molecule has 1 fully saturated rings. The first-order valence-corrected chi connectivity index (χ1v) is 3.44. The van der Waals surface area contributed by atoms with Crippen molar-refractivity contribution in [1.29, 1.82) is 0 Å². The van der Waals surface area contributed by atoms with Gasteiger partial charge >= 0.3 is 0 Å². The molecule has 60 valence electrons. The summed E-state index contributed by atoms with van der Waals surface area (Å²) in [4.78, 5) is 0. The van der Waals surface area contributed by atoms with Crippen molar-refractivity contribution in [1.82, 2.24) is 5.32 Å². The second-order valence-corrected chi connectivity index (χ2v) is 2.39. The third kappa shape index (κ3) is 1.91. The Kier molecular flexibility index (Phi) is 3.08. The molecule has 0 unspecified atom stereocenters. The normalized spacial score (nSPS) is 33.0. The Balaban J connectivity index is 2.14. The predicted octanol–water partition coefficient (Wildman–Crippen LogP) is -1.67. The van der Waals surface area contributed by atoms with E-state index in [4.69, 9.17) is 14.9 Å². The fourth-order valence-corrected chi connectivity index (χ4v) is 0.988. The predicted molar refractivity (Wildman–Crippen MR) is 35.7 cm³/mol. The van der Waals surface area contributed by atoms with Gasteiger partial charge in [0.2, 0.25) is 0 Å². The van der Waals surface area contributed by atoms with Crippen molar-refractivity contribution >= 4 is 0 Å². The lowest BCUT2D eigenvalue weighted by molar-refractivity contribution is 0.121. The molecule has 0 spiro atoms. The summed E-state index contributed by atoms with van der Waals surface area (Å²) in [6.45, 7) is 1.57. The van der Waals surface area contributed by atoms with Gasteiger partial charge in [-0.25, -0.2) is 0 Å². The summed E-state index contributed by atoms with van der Waals surface area (Å²) in [5.41, 5.74) is 0. The van der Waals surface area contributed by atoms with Gasteiger partial charge in [0.05, 0.1) is 32.0 Å². The maximum atomic E-state index is 9.15. The fourth-order valence-electron chi connectivity index (χ4n) is 0.988. The van der Waals surface area contributed by atoms with Crippen molar-refractivity contribution in [3.05, 3.63) is 0 Å². The van der Waals surface area contributed by atoms with Gasteiger partial charge < -0.3 is 20.3 Å². The van der Waals surface area contributed by atoms with Crippen LogP contribution in [0.3, 0.4) is 0 Å². The van der Waals surface area contributed by atoms with Crippen molar-refractivity contribution in [2.24, 2.45) is 0 Å². The maximum Gasteiger partial charge on any atom is 0.0948 e. The first kappa shape index (κ1) is 7.94. The van der Waals surface area contributed by atoms with Gasteiger partial charge in [-0.2, -0.15) is 0 Å². The third-order valence-corrected chi connectivity index (χ3v) is 1.57. The van der Waals surface area contributed by atoms with Gasteiger partial charge in [-0.1, -0.05) is 0 Å². The van der Waals surface area contributed by atoms with E-state index < -0.39 is 6.10 Å². The van der Waals surface area contributed by atoms with Crippen LogP contribution in [0, 0.1) is 0 Å². The number of hydrogen-bond acceptors (Lipinski definition) is 4. The van der Waals surface area contributed by atoms with Crippen LogP contribution in [0.25, 0.3) is 0 Å². The van der Waals surface area contributed by atoms with Crippen molar-refractivity contribution < 1.29 is 14.9 Å². The summed E-state index contributed by atoms with van der Waals surface area (Å²) >= 11 is 0. The zero-order valence-corrected chi connectivity index (χ0v) is 5.79. The van der Waals surface area contributed by atoms with Crippen LogP contribution < -0.4 is 5.32 Å². The number of hydrogen-bond donors (Lipinski definition) is 3. The Labute approximate surface area is 59.8 Å². The molecular formula is C6H13NO3. The molecule has 0 aromatic carbocycles. The lowest BCUT2D eigenvalue weighted by atomic mass is 10.2. The molecule has 0 aliphatic carbocycles. The molecule has 1 aliphatic heterocycles. The minimum atomic E-state index is -0.411. The van der Waals surface area contributed by atoms with E-state index in [0.29, 0.717) is 19.8 Å². The first-order valence-electron chi connectivity index (χ1n) is 3.44. The standard InChI is InChI=1S/C6H13NO3/c8-2-1-7-5-3-10-4-6(5)9/h5-9H,1-4H2/t5-,6-/m1/s1. The van der Waals surface area contributed by atoms with Crippen LogP contribution in [-0.2, 0) is 4.74 Å². The highest BCUT2D eigenvalue weighted by Crippen LogP contribution is 2.03. The van der Waals surface area contributed by atoms with Crippen molar-refractivity contribution in [3.63, 3.8) is 0 Å². The molecular weight excluding hydrogens is 134 g/mol. The second-order valence-electron chi connectivity index (χ2n) is 2.39. The SMILES string of the molecule is OCCN[C@@H]1COC[C@H]1O. The minimum Gasteiger partial charge on any atom is -0.395 e. The van der Waals surface area contributed by atoms with E-state index in [1.807, 2.05) is 0 Å². The van der Waals surface area contributed by atoms with Gasteiger partial charge in [0.15, 0.2) is 0 Å². The Hall–Kier alpha value is -0.160. The molecule has 4 heteroatoms. The fraction of sp³-hybridized carbons (Fsp3) is 1.00. The molecule has 0 aromatic rings. The van der Waals surface area contributed by atoms with Crippen molar-refractivity contribution in [2.75, 3.05) is 26.4 Å². The third-order valence-electron chi connectivity index (χ3n) is 1.57. The van der Waals surface area contributed by atoms with E-state index in [-0.39, 0.29) is 12.6 Å². The lowest BCUT2D eigenvalue weighted by Crippen LogP contribution is -2.40. The summed E-state index contributed by atoms with van der Waals surface area (Å²) in [6, 6.07) is 0.00662. The Bertz CT molecular complexity index is 99.0. The largest absolute Gasteiger partial charge is 0.395 e. The van der Waals surface area contributed by atoms with E-state index >= 15 is 0 Å². The summed E-state index contributed by atoms with van der Waals surface area (Å²) in [7, 11) is 0. The highest BCUT2D eigenvalue weighted by atomic mass is 16.5. The molecule has 1 rings (SSSR count). The molecule has 0 bridgehead atoms. The summed E-state index contributed by atoms with van der Waals surface area (Å²) in [5, 5.41) is 20.5. The molecule has 3 N–H and O–H groups in total. The van der Waals surface area contributed by atoms with Crippen LogP contribution in [0.15, 0.2) is 0 Å². The quantitative estimate of drug-likeness (QED) is 0.446. The molecule has 4 nitrogen and oxygen atoms in total. The molecule has 0 saturated carbocycles. The number of aliphatic hydroxyl groups excluding tert-OH is 2. The average molecular weight is 147 g/mol.